The van der Waals surface area contributed by atoms with Gasteiger partial charge in [0.1, 0.15) is 0 Å². The molecule has 2 rings (SSSR count). The third kappa shape index (κ3) is 3.86. The van der Waals surface area contributed by atoms with Gasteiger partial charge in [0.25, 0.3) is 0 Å². The summed E-state index contributed by atoms with van der Waals surface area (Å²) in [5.41, 5.74) is 7.12. The molecule has 2 N–H and O–H groups in total. The highest BCUT2D eigenvalue weighted by Gasteiger charge is 2.24. The molecule has 2 unspecified atom stereocenters. The first-order chi connectivity index (χ1) is 8.20. The summed E-state index contributed by atoms with van der Waals surface area (Å²) < 4.78 is 0. The Balaban J connectivity index is 0.00000162. The van der Waals surface area contributed by atoms with Crippen LogP contribution < -0.4 is 5.73 Å². The van der Waals surface area contributed by atoms with Gasteiger partial charge in [-0.15, -0.1) is 12.4 Å². The van der Waals surface area contributed by atoms with Gasteiger partial charge in [-0.05, 0) is 43.0 Å². The zero-order valence-corrected chi connectivity index (χ0v) is 12.4. The molecular formula is C14H22Cl2N2. The summed E-state index contributed by atoms with van der Waals surface area (Å²) in [5.74, 6) is 0.515. The average molecular weight is 289 g/mol. The van der Waals surface area contributed by atoms with Crippen LogP contribution in [0, 0.1) is 0 Å². The van der Waals surface area contributed by atoms with Crippen molar-refractivity contribution in [2.75, 3.05) is 19.6 Å². The fourth-order valence-corrected chi connectivity index (χ4v) is 2.87. The zero-order chi connectivity index (χ0) is 12.3. The Hall–Kier alpha value is -0.280. The van der Waals surface area contributed by atoms with Gasteiger partial charge in [0.2, 0.25) is 0 Å². The first-order valence-electron chi connectivity index (χ1n) is 6.40. The van der Waals surface area contributed by atoms with Gasteiger partial charge in [-0.25, -0.2) is 0 Å². The second-order valence-corrected chi connectivity index (χ2v) is 5.42. The van der Waals surface area contributed by atoms with E-state index < -0.39 is 0 Å². The van der Waals surface area contributed by atoms with Crippen LogP contribution in [0.1, 0.15) is 31.2 Å². The van der Waals surface area contributed by atoms with Crippen molar-refractivity contribution < 1.29 is 0 Å². The predicted octanol–water partition coefficient (Wildman–Crippen LogP) is 3.29. The number of nitrogens with two attached hydrogens (primary N) is 1. The lowest BCUT2D eigenvalue weighted by atomic mass is 10.0. The van der Waals surface area contributed by atoms with Crippen LogP contribution in [0.3, 0.4) is 0 Å². The fourth-order valence-electron chi connectivity index (χ4n) is 2.67. The van der Waals surface area contributed by atoms with Crippen molar-refractivity contribution in [2.45, 2.75) is 31.7 Å². The maximum atomic E-state index is 6.03. The second kappa shape index (κ2) is 7.34. The second-order valence-electron chi connectivity index (χ2n) is 4.98. The molecule has 102 valence electrons. The van der Waals surface area contributed by atoms with Crippen LogP contribution in [0.15, 0.2) is 24.3 Å². The van der Waals surface area contributed by atoms with E-state index in [0.717, 1.165) is 18.1 Å². The van der Waals surface area contributed by atoms with Crippen LogP contribution in [-0.2, 0) is 0 Å². The predicted molar refractivity (Wildman–Crippen MR) is 80.8 cm³/mol. The van der Waals surface area contributed by atoms with Crippen molar-refractivity contribution in [2.24, 2.45) is 5.73 Å². The summed E-state index contributed by atoms with van der Waals surface area (Å²) in [4.78, 5) is 2.52. The summed E-state index contributed by atoms with van der Waals surface area (Å²) in [5, 5.41) is 0.825. The number of hydrogen-bond acceptors (Lipinski definition) is 2. The van der Waals surface area contributed by atoms with E-state index in [-0.39, 0.29) is 12.4 Å². The fraction of sp³-hybridized carbons (Fsp3) is 0.571. The highest BCUT2D eigenvalue weighted by Crippen LogP contribution is 2.24. The number of hydrogen-bond donors (Lipinski definition) is 1. The number of nitrogens with zero attached hydrogens (tertiary/aromatic N) is 1. The molecule has 2 atom stereocenters. The van der Waals surface area contributed by atoms with Gasteiger partial charge in [-0.1, -0.05) is 30.7 Å². The van der Waals surface area contributed by atoms with E-state index in [4.69, 9.17) is 17.3 Å². The van der Waals surface area contributed by atoms with Crippen LogP contribution in [0.4, 0.5) is 0 Å². The van der Waals surface area contributed by atoms with Gasteiger partial charge in [0.15, 0.2) is 0 Å². The van der Waals surface area contributed by atoms with Gasteiger partial charge in [0, 0.05) is 24.2 Å². The Kier molecular flexibility index (Phi) is 6.44. The minimum absolute atomic E-state index is 0. The minimum Gasteiger partial charge on any atom is -0.329 e. The maximum Gasteiger partial charge on any atom is 0.0408 e. The molecular weight excluding hydrogens is 267 g/mol. The largest absolute Gasteiger partial charge is 0.329 e. The quantitative estimate of drug-likeness (QED) is 0.921. The lowest BCUT2D eigenvalue weighted by molar-refractivity contribution is 0.246. The maximum absolute atomic E-state index is 6.03. The summed E-state index contributed by atoms with van der Waals surface area (Å²) in [7, 11) is 0. The SMILES string of the molecule is CC(CN1CCCC1CN)c1cccc(Cl)c1.Cl. The van der Waals surface area contributed by atoms with Gasteiger partial charge in [-0.3, -0.25) is 4.90 Å². The molecule has 0 spiro atoms. The van der Waals surface area contributed by atoms with Gasteiger partial charge < -0.3 is 5.73 Å². The number of likely N-dealkylation sites (tertiary alicyclic amines) is 1. The van der Waals surface area contributed by atoms with Gasteiger partial charge in [0.05, 0.1) is 0 Å². The van der Waals surface area contributed by atoms with Crippen molar-refractivity contribution in [3.05, 3.63) is 34.9 Å². The number of halogens is 2. The molecule has 4 heteroatoms. The first kappa shape index (κ1) is 15.8. The van der Waals surface area contributed by atoms with E-state index in [1.807, 2.05) is 12.1 Å². The number of benzene rings is 1. The smallest absolute Gasteiger partial charge is 0.0408 e. The lowest BCUT2D eigenvalue weighted by Gasteiger charge is -2.26. The third-order valence-corrected chi connectivity index (χ3v) is 3.93. The normalized spacial score (nSPS) is 21.6. The van der Waals surface area contributed by atoms with Crippen molar-refractivity contribution in [3.63, 3.8) is 0 Å². The molecule has 0 aliphatic carbocycles. The molecule has 1 saturated heterocycles. The van der Waals surface area contributed by atoms with Crippen LogP contribution in [-0.4, -0.2) is 30.6 Å². The minimum atomic E-state index is 0. The molecule has 1 heterocycles. The highest BCUT2D eigenvalue weighted by atomic mass is 35.5. The highest BCUT2D eigenvalue weighted by molar-refractivity contribution is 6.30. The topological polar surface area (TPSA) is 29.3 Å². The van der Waals surface area contributed by atoms with E-state index in [1.54, 1.807) is 0 Å². The molecule has 1 aromatic carbocycles. The molecule has 1 aromatic rings. The van der Waals surface area contributed by atoms with Crippen molar-refractivity contribution >= 4 is 24.0 Å². The molecule has 1 aliphatic rings. The molecule has 18 heavy (non-hydrogen) atoms. The van der Waals surface area contributed by atoms with Crippen molar-refractivity contribution in [1.29, 1.82) is 0 Å². The van der Waals surface area contributed by atoms with E-state index in [2.05, 4.69) is 24.0 Å². The van der Waals surface area contributed by atoms with E-state index in [1.165, 1.54) is 24.9 Å². The molecule has 2 nitrogen and oxygen atoms in total. The molecule has 0 aromatic heterocycles. The third-order valence-electron chi connectivity index (χ3n) is 3.70. The van der Waals surface area contributed by atoms with Crippen LogP contribution in [0.2, 0.25) is 5.02 Å². The van der Waals surface area contributed by atoms with E-state index >= 15 is 0 Å². The van der Waals surface area contributed by atoms with E-state index in [9.17, 15) is 0 Å². The number of rotatable bonds is 4. The summed E-state index contributed by atoms with van der Waals surface area (Å²) >= 11 is 6.03. The first-order valence-corrected chi connectivity index (χ1v) is 6.78. The summed E-state index contributed by atoms with van der Waals surface area (Å²) in [6, 6.07) is 8.76. The zero-order valence-electron chi connectivity index (χ0n) is 10.8. The Morgan fingerprint density at radius 1 is 1.50 bits per heavy atom. The monoisotopic (exact) mass is 288 g/mol. The lowest BCUT2D eigenvalue weighted by Crippen LogP contribution is -2.37. The summed E-state index contributed by atoms with van der Waals surface area (Å²) in [6.07, 6.45) is 2.53. The average Bonchev–Trinajstić information content (AvgIpc) is 2.76. The van der Waals surface area contributed by atoms with Crippen molar-refractivity contribution in [3.8, 4) is 0 Å². The van der Waals surface area contributed by atoms with Gasteiger partial charge >= 0.3 is 0 Å². The van der Waals surface area contributed by atoms with Crippen molar-refractivity contribution in [1.82, 2.24) is 4.90 Å². The molecule has 0 bridgehead atoms. The Labute approximate surface area is 121 Å². The molecule has 0 saturated carbocycles. The van der Waals surface area contributed by atoms with Crippen LogP contribution in [0.25, 0.3) is 0 Å². The van der Waals surface area contributed by atoms with Gasteiger partial charge in [-0.2, -0.15) is 0 Å². The summed E-state index contributed by atoms with van der Waals surface area (Å²) in [6.45, 7) is 5.31. The van der Waals surface area contributed by atoms with Crippen LogP contribution >= 0.6 is 24.0 Å². The molecule has 1 aliphatic heterocycles. The van der Waals surface area contributed by atoms with Crippen LogP contribution in [0.5, 0.6) is 0 Å². The Bertz CT molecular complexity index is 371. The Morgan fingerprint density at radius 2 is 2.28 bits per heavy atom. The Morgan fingerprint density at radius 3 is 2.94 bits per heavy atom. The molecule has 1 fully saturated rings. The molecule has 0 amide bonds. The molecule has 0 radical (unpaired) electrons. The standard InChI is InChI=1S/C14H21ClN2.ClH/c1-11(12-4-2-5-13(15)8-12)10-17-7-3-6-14(17)9-16;/h2,4-5,8,11,14H,3,6-7,9-10,16H2,1H3;1H. The van der Waals surface area contributed by atoms with E-state index in [0.29, 0.717) is 12.0 Å².